The fourth-order valence-corrected chi connectivity index (χ4v) is 5.57. The summed E-state index contributed by atoms with van der Waals surface area (Å²) in [5.74, 6) is 0. The molecule has 0 saturated carbocycles. The summed E-state index contributed by atoms with van der Waals surface area (Å²) >= 11 is 0. The SMILES string of the molecule is CCCCCCCCCCC(O)([SiH](C)C)C(C)(C)C. The molecule has 0 aromatic rings. The van der Waals surface area contributed by atoms with Gasteiger partial charge in [0.1, 0.15) is 0 Å². The van der Waals surface area contributed by atoms with Gasteiger partial charge in [-0.15, -0.1) is 0 Å². The van der Waals surface area contributed by atoms with Crippen LogP contribution < -0.4 is 0 Å². The molecule has 0 saturated heterocycles. The van der Waals surface area contributed by atoms with E-state index in [0.29, 0.717) is 0 Å². The minimum absolute atomic E-state index is 0.0362. The van der Waals surface area contributed by atoms with Gasteiger partial charge in [-0.05, 0) is 11.8 Å². The Bertz CT molecular complexity index is 220. The molecule has 19 heavy (non-hydrogen) atoms. The molecule has 1 atom stereocenters. The zero-order valence-electron chi connectivity index (χ0n) is 14.4. The van der Waals surface area contributed by atoms with Gasteiger partial charge in [-0.25, -0.2) is 0 Å². The molecule has 0 aromatic heterocycles. The van der Waals surface area contributed by atoms with E-state index < -0.39 is 8.80 Å². The molecular weight excluding hydrogens is 248 g/mol. The van der Waals surface area contributed by atoms with Gasteiger partial charge in [0.05, 0.1) is 14.0 Å². The van der Waals surface area contributed by atoms with Crippen LogP contribution >= 0.6 is 0 Å². The number of hydrogen-bond donors (Lipinski definition) is 1. The summed E-state index contributed by atoms with van der Waals surface area (Å²) in [6.45, 7) is 13.4. The molecule has 1 unspecified atom stereocenters. The first kappa shape index (κ1) is 19.2. The largest absolute Gasteiger partial charge is 0.393 e. The molecule has 116 valence electrons. The highest BCUT2D eigenvalue weighted by Gasteiger charge is 2.42. The minimum Gasteiger partial charge on any atom is -0.393 e. The normalized spacial score (nSPS) is 15.8. The molecular formula is C17H38OSi. The second-order valence-corrected chi connectivity index (χ2v) is 10.8. The Morgan fingerprint density at radius 2 is 1.21 bits per heavy atom. The summed E-state index contributed by atoms with van der Waals surface area (Å²) in [6.07, 6.45) is 11.8. The molecule has 0 spiro atoms. The highest BCUT2D eigenvalue weighted by atomic mass is 28.3. The van der Waals surface area contributed by atoms with Crippen LogP contribution in [-0.4, -0.2) is 19.1 Å². The highest BCUT2D eigenvalue weighted by molar-refractivity contribution is 6.59. The van der Waals surface area contributed by atoms with Gasteiger partial charge in [-0.1, -0.05) is 92.2 Å². The fourth-order valence-electron chi connectivity index (χ4n) is 3.06. The third-order valence-electron chi connectivity index (χ3n) is 4.67. The zero-order valence-corrected chi connectivity index (χ0v) is 15.5. The zero-order chi connectivity index (χ0) is 14.9. The van der Waals surface area contributed by atoms with Crippen molar-refractivity contribution < 1.29 is 5.11 Å². The van der Waals surface area contributed by atoms with Gasteiger partial charge < -0.3 is 5.11 Å². The molecule has 0 amide bonds. The van der Waals surface area contributed by atoms with Crippen LogP contribution in [0.5, 0.6) is 0 Å². The van der Waals surface area contributed by atoms with E-state index >= 15 is 0 Å². The Hall–Kier alpha value is 0.177. The first-order chi connectivity index (χ1) is 8.75. The Morgan fingerprint density at radius 1 is 0.789 bits per heavy atom. The van der Waals surface area contributed by atoms with Crippen molar-refractivity contribution in [3.05, 3.63) is 0 Å². The third kappa shape index (κ3) is 6.94. The topological polar surface area (TPSA) is 20.2 Å². The molecule has 0 heterocycles. The lowest BCUT2D eigenvalue weighted by Crippen LogP contribution is -2.52. The van der Waals surface area contributed by atoms with E-state index in [1.807, 2.05) is 0 Å². The lowest BCUT2D eigenvalue weighted by molar-refractivity contribution is 0.00320. The number of hydrogen-bond acceptors (Lipinski definition) is 1. The summed E-state index contributed by atoms with van der Waals surface area (Å²) in [5, 5.41) is 10.6. The first-order valence-electron chi connectivity index (χ1n) is 8.48. The van der Waals surface area contributed by atoms with E-state index in [0.717, 1.165) is 6.42 Å². The fraction of sp³-hybridized carbons (Fsp3) is 1.00. The molecule has 0 radical (unpaired) electrons. The van der Waals surface area contributed by atoms with Crippen molar-refractivity contribution in [1.29, 1.82) is 0 Å². The first-order valence-corrected chi connectivity index (χ1v) is 11.4. The molecule has 0 aliphatic heterocycles. The molecule has 0 aliphatic rings. The maximum absolute atomic E-state index is 11.0. The number of rotatable bonds is 10. The Balaban J connectivity index is 3.84. The van der Waals surface area contributed by atoms with Crippen LogP contribution in [0.1, 0.15) is 85.5 Å². The van der Waals surface area contributed by atoms with Gasteiger partial charge in [0.15, 0.2) is 0 Å². The second kappa shape index (κ2) is 9.18. The maximum Gasteiger partial charge on any atom is 0.0698 e. The van der Waals surface area contributed by atoms with Crippen LogP contribution in [0, 0.1) is 5.41 Å². The summed E-state index contributed by atoms with van der Waals surface area (Å²) in [7, 11) is -1.04. The van der Waals surface area contributed by atoms with Crippen LogP contribution in [0.25, 0.3) is 0 Å². The minimum atomic E-state index is -1.04. The summed E-state index contributed by atoms with van der Waals surface area (Å²) in [6, 6.07) is 0. The molecule has 2 heteroatoms. The van der Waals surface area contributed by atoms with Crippen LogP contribution in [-0.2, 0) is 0 Å². The van der Waals surface area contributed by atoms with Gasteiger partial charge in [0, 0.05) is 0 Å². The monoisotopic (exact) mass is 286 g/mol. The van der Waals surface area contributed by atoms with Crippen molar-refractivity contribution in [2.45, 2.75) is 104 Å². The Labute approximate surface area is 123 Å². The maximum atomic E-state index is 11.0. The average Bonchev–Trinajstić information content (AvgIpc) is 2.30. The summed E-state index contributed by atoms with van der Waals surface area (Å²) in [5.41, 5.74) is 0.0362. The highest BCUT2D eigenvalue weighted by Crippen LogP contribution is 2.37. The van der Waals surface area contributed by atoms with Crippen molar-refractivity contribution in [1.82, 2.24) is 0 Å². The van der Waals surface area contributed by atoms with Gasteiger partial charge in [-0.3, -0.25) is 0 Å². The van der Waals surface area contributed by atoms with E-state index in [4.69, 9.17) is 0 Å². The van der Waals surface area contributed by atoms with Crippen LogP contribution in [0.3, 0.4) is 0 Å². The van der Waals surface area contributed by atoms with Crippen molar-refractivity contribution in [2.24, 2.45) is 5.41 Å². The quantitative estimate of drug-likeness (QED) is 0.425. The van der Waals surface area contributed by atoms with E-state index in [9.17, 15) is 5.11 Å². The molecule has 0 fully saturated rings. The standard InChI is InChI=1S/C17H38OSi/c1-7-8-9-10-11-12-13-14-15-17(18,19(5)6)16(2,3)4/h18-19H,7-15H2,1-6H3. The Kier molecular flexibility index (Phi) is 9.26. The number of unbranched alkanes of at least 4 members (excludes halogenated alkanes) is 7. The van der Waals surface area contributed by atoms with Crippen LogP contribution in [0.15, 0.2) is 0 Å². The smallest absolute Gasteiger partial charge is 0.0698 e. The summed E-state index contributed by atoms with van der Waals surface area (Å²) < 4.78 is 0. The average molecular weight is 287 g/mol. The predicted molar refractivity (Wildman–Crippen MR) is 90.5 cm³/mol. The van der Waals surface area contributed by atoms with Gasteiger partial charge in [-0.2, -0.15) is 0 Å². The van der Waals surface area contributed by atoms with Crippen molar-refractivity contribution >= 4 is 8.80 Å². The molecule has 1 nitrogen and oxygen atoms in total. The van der Waals surface area contributed by atoms with E-state index in [-0.39, 0.29) is 10.6 Å². The summed E-state index contributed by atoms with van der Waals surface area (Å²) in [4.78, 5) is 0. The Morgan fingerprint density at radius 3 is 1.58 bits per heavy atom. The van der Waals surface area contributed by atoms with Gasteiger partial charge in [0.2, 0.25) is 0 Å². The molecule has 0 aromatic carbocycles. The van der Waals surface area contributed by atoms with E-state index in [1.165, 1.54) is 51.4 Å². The van der Waals surface area contributed by atoms with Crippen molar-refractivity contribution in [2.75, 3.05) is 0 Å². The van der Waals surface area contributed by atoms with Gasteiger partial charge in [0.25, 0.3) is 0 Å². The molecule has 0 rings (SSSR count). The lowest BCUT2D eigenvalue weighted by Gasteiger charge is -2.43. The van der Waals surface area contributed by atoms with Crippen molar-refractivity contribution in [3.8, 4) is 0 Å². The third-order valence-corrected chi connectivity index (χ3v) is 7.73. The predicted octanol–water partition coefficient (Wildman–Crippen LogP) is 5.32. The molecule has 0 bridgehead atoms. The van der Waals surface area contributed by atoms with Crippen LogP contribution in [0.2, 0.25) is 13.1 Å². The number of aliphatic hydroxyl groups is 1. The van der Waals surface area contributed by atoms with Gasteiger partial charge >= 0.3 is 0 Å². The van der Waals surface area contributed by atoms with E-state index in [2.05, 4.69) is 40.8 Å². The molecule has 0 aliphatic carbocycles. The van der Waals surface area contributed by atoms with Crippen LogP contribution in [0.4, 0.5) is 0 Å². The van der Waals surface area contributed by atoms with E-state index in [1.54, 1.807) is 0 Å². The molecule has 1 N–H and O–H groups in total. The van der Waals surface area contributed by atoms with Crippen molar-refractivity contribution in [3.63, 3.8) is 0 Å². The lowest BCUT2D eigenvalue weighted by atomic mass is 9.85. The second-order valence-electron chi connectivity index (χ2n) is 7.55.